The molecule has 0 aliphatic heterocycles. The Morgan fingerprint density at radius 2 is 1.59 bits per heavy atom. The van der Waals surface area contributed by atoms with Crippen LogP contribution in [0.5, 0.6) is 0 Å². The molecule has 0 aliphatic rings. The lowest BCUT2D eigenvalue weighted by atomic mass is 10.4. The highest BCUT2D eigenvalue weighted by atomic mass is 32.2. The second-order valence-corrected chi connectivity index (χ2v) is 5.76. The highest BCUT2D eigenvalue weighted by molar-refractivity contribution is 7.87. The first-order valence-corrected chi connectivity index (χ1v) is 7.97. The minimum Gasteiger partial charge on any atom is -0.317 e. The van der Waals surface area contributed by atoms with Crippen LogP contribution in [0.15, 0.2) is 0 Å². The fourth-order valence-electron chi connectivity index (χ4n) is 1.53. The van der Waals surface area contributed by atoms with E-state index >= 15 is 0 Å². The standard InChI is InChI=1S/C11H27N3O2S/c1-4-10-14(11-5-2)17(15,16)13-9-7-8-12-6-3/h12-13H,4-11H2,1-3H3. The van der Waals surface area contributed by atoms with Crippen LogP contribution < -0.4 is 10.0 Å². The van der Waals surface area contributed by atoms with E-state index in [4.69, 9.17) is 0 Å². The lowest BCUT2D eigenvalue weighted by molar-refractivity contribution is 0.401. The van der Waals surface area contributed by atoms with Crippen molar-refractivity contribution in [2.75, 3.05) is 32.7 Å². The largest absolute Gasteiger partial charge is 0.317 e. The summed E-state index contributed by atoms with van der Waals surface area (Å²) in [4.78, 5) is 0. The average molecular weight is 265 g/mol. The second kappa shape index (κ2) is 9.82. The molecule has 0 rings (SSSR count). The summed E-state index contributed by atoms with van der Waals surface area (Å²) in [6.45, 7) is 9.47. The van der Waals surface area contributed by atoms with E-state index in [2.05, 4.69) is 10.0 Å². The Morgan fingerprint density at radius 3 is 2.06 bits per heavy atom. The van der Waals surface area contributed by atoms with E-state index in [0.717, 1.165) is 32.4 Å². The number of nitrogens with one attached hydrogen (secondary N) is 2. The molecule has 0 aromatic carbocycles. The summed E-state index contributed by atoms with van der Waals surface area (Å²) in [7, 11) is -3.28. The van der Waals surface area contributed by atoms with Crippen molar-refractivity contribution >= 4 is 10.2 Å². The fourth-order valence-corrected chi connectivity index (χ4v) is 2.96. The molecule has 17 heavy (non-hydrogen) atoms. The SMILES string of the molecule is CCCN(CCC)S(=O)(=O)NCCCNCC. The van der Waals surface area contributed by atoms with Crippen molar-refractivity contribution in [1.82, 2.24) is 14.3 Å². The van der Waals surface area contributed by atoms with E-state index in [1.165, 1.54) is 4.31 Å². The molecular formula is C11H27N3O2S. The van der Waals surface area contributed by atoms with E-state index in [0.29, 0.717) is 19.6 Å². The Balaban J connectivity index is 4.04. The molecule has 6 heteroatoms. The maximum absolute atomic E-state index is 11.9. The normalized spacial score (nSPS) is 12.2. The summed E-state index contributed by atoms with van der Waals surface area (Å²) in [6, 6.07) is 0. The predicted octanol–water partition coefficient (Wildman–Crippen LogP) is 0.942. The van der Waals surface area contributed by atoms with Crippen LogP contribution in [0.2, 0.25) is 0 Å². The van der Waals surface area contributed by atoms with Gasteiger partial charge in [-0.25, -0.2) is 4.72 Å². The van der Waals surface area contributed by atoms with Crippen molar-refractivity contribution in [3.8, 4) is 0 Å². The summed E-state index contributed by atoms with van der Waals surface area (Å²) in [5.74, 6) is 0. The van der Waals surface area contributed by atoms with Gasteiger partial charge < -0.3 is 5.32 Å². The molecule has 0 spiro atoms. The van der Waals surface area contributed by atoms with E-state index in [-0.39, 0.29) is 0 Å². The van der Waals surface area contributed by atoms with Crippen molar-refractivity contribution in [3.63, 3.8) is 0 Å². The predicted molar refractivity (Wildman–Crippen MR) is 72.2 cm³/mol. The summed E-state index contributed by atoms with van der Waals surface area (Å²) < 4.78 is 28.0. The Hall–Kier alpha value is -0.170. The number of nitrogens with zero attached hydrogens (tertiary/aromatic N) is 1. The molecule has 0 fully saturated rings. The molecule has 0 bridgehead atoms. The highest BCUT2D eigenvalue weighted by Crippen LogP contribution is 2.01. The van der Waals surface area contributed by atoms with Crippen LogP contribution in [-0.4, -0.2) is 45.4 Å². The molecule has 0 aromatic rings. The summed E-state index contributed by atoms with van der Waals surface area (Å²) >= 11 is 0. The molecule has 104 valence electrons. The van der Waals surface area contributed by atoms with Gasteiger partial charge in [-0.05, 0) is 32.4 Å². The van der Waals surface area contributed by atoms with Crippen LogP contribution in [0.25, 0.3) is 0 Å². The van der Waals surface area contributed by atoms with E-state index in [9.17, 15) is 8.42 Å². The van der Waals surface area contributed by atoms with Crippen molar-refractivity contribution < 1.29 is 8.42 Å². The van der Waals surface area contributed by atoms with Gasteiger partial charge >= 0.3 is 0 Å². The van der Waals surface area contributed by atoms with Crippen LogP contribution in [0, 0.1) is 0 Å². The molecule has 0 saturated heterocycles. The summed E-state index contributed by atoms with van der Waals surface area (Å²) in [6.07, 6.45) is 2.51. The third-order valence-corrected chi connectivity index (χ3v) is 3.96. The molecule has 0 saturated carbocycles. The van der Waals surface area contributed by atoms with E-state index in [1.807, 2.05) is 20.8 Å². The highest BCUT2D eigenvalue weighted by Gasteiger charge is 2.18. The monoisotopic (exact) mass is 265 g/mol. The van der Waals surface area contributed by atoms with Crippen LogP contribution >= 0.6 is 0 Å². The quantitative estimate of drug-likeness (QED) is 0.547. The van der Waals surface area contributed by atoms with Gasteiger partial charge in [0, 0.05) is 19.6 Å². The summed E-state index contributed by atoms with van der Waals surface area (Å²) in [5.41, 5.74) is 0. The number of rotatable bonds is 11. The van der Waals surface area contributed by atoms with Crippen LogP contribution in [0.1, 0.15) is 40.0 Å². The van der Waals surface area contributed by atoms with Crippen molar-refractivity contribution in [2.45, 2.75) is 40.0 Å². The van der Waals surface area contributed by atoms with Crippen LogP contribution in [0.4, 0.5) is 0 Å². The molecule has 0 atom stereocenters. The van der Waals surface area contributed by atoms with Gasteiger partial charge in [0.1, 0.15) is 0 Å². The smallest absolute Gasteiger partial charge is 0.279 e. The zero-order valence-corrected chi connectivity index (χ0v) is 12.1. The molecule has 0 unspecified atom stereocenters. The minimum atomic E-state index is -3.28. The summed E-state index contributed by atoms with van der Waals surface area (Å²) in [5, 5.41) is 3.17. The molecule has 5 nitrogen and oxygen atoms in total. The van der Waals surface area contributed by atoms with Gasteiger partial charge in [0.2, 0.25) is 0 Å². The second-order valence-electron chi connectivity index (χ2n) is 4.01. The van der Waals surface area contributed by atoms with Gasteiger partial charge in [0.05, 0.1) is 0 Å². The minimum absolute atomic E-state index is 0.499. The number of hydrogen-bond acceptors (Lipinski definition) is 3. The molecule has 0 heterocycles. The maximum Gasteiger partial charge on any atom is 0.279 e. The first-order valence-electron chi connectivity index (χ1n) is 6.53. The fraction of sp³-hybridized carbons (Fsp3) is 1.00. The van der Waals surface area contributed by atoms with E-state index in [1.54, 1.807) is 0 Å². The van der Waals surface area contributed by atoms with Gasteiger partial charge in [0.15, 0.2) is 0 Å². The third-order valence-electron chi connectivity index (χ3n) is 2.35. The Bertz CT molecular complexity index is 262. The van der Waals surface area contributed by atoms with Gasteiger partial charge in [-0.15, -0.1) is 0 Å². The van der Waals surface area contributed by atoms with Gasteiger partial charge in [0.25, 0.3) is 10.2 Å². The van der Waals surface area contributed by atoms with Crippen molar-refractivity contribution in [1.29, 1.82) is 0 Å². The van der Waals surface area contributed by atoms with Gasteiger partial charge in [-0.1, -0.05) is 20.8 Å². The zero-order valence-electron chi connectivity index (χ0n) is 11.3. The van der Waals surface area contributed by atoms with Gasteiger partial charge in [-0.3, -0.25) is 0 Å². The Labute approximate surface area is 106 Å². The maximum atomic E-state index is 11.9. The first kappa shape index (κ1) is 16.8. The topological polar surface area (TPSA) is 61.4 Å². The first-order chi connectivity index (χ1) is 8.08. The Kier molecular flexibility index (Phi) is 9.72. The van der Waals surface area contributed by atoms with Gasteiger partial charge in [-0.2, -0.15) is 12.7 Å². The molecular weight excluding hydrogens is 238 g/mol. The van der Waals surface area contributed by atoms with E-state index < -0.39 is 10.2 Å². The lowest BCUT2D eigenvalue weighted by Gasteiger charge is -2.21. The van der Waals surface area contributed by atoms with Crippen molar-refractivity contribution in [2.24, 2.45) is 0 Å². The number of hydrogen-bond donors (Lipinski definition) is 2. The van der Waals surface area contributed by atoms with Crippen LogP contribution in [-0.2, 0) is 10.2 Å². The lowest BCUT2D eigenvalue weighted by Crippen LogP contribution is -2.42. The average Bonchev–Trinajstić information content (AvgIpc) is 2.28. The van der Waals surface area contributed by atoms with Crippen LogP contribution in [0.3, 0.4) is 0 Å². The molecule has 2 N–H and O–H groups in total. The molecule has 0 amide bonds. The molecule has 0 aromatic heterocycles. The molecule has 0 radical (unpaired) electrons. The van der Waals surface area contributed by atoms with Crippen molar-refractivity contribution in [3.05, 3.63) is 0 Å². The Morgan fingerprint density at radius 1 is 1.00 bits per heavy atom. The molecule has 0 aliphatic carbocycles. The third kappa shape index (κ3) is 7.70. The zero-order chi connectivity index (χ0) is 13.1.